The summed E-state index contributed by atoms with van der Waals surface area (Å²) < 4.78 is 5.16. The molecule has 0 radical (unpaired) electrons. The van der Waals surface area contributed by atoms with E-state index in [9.17, 15) is 9.59 Å². The van der Waals surface area contributed by atoms with Gasteiger partial charge in [-0.25, -0.2) is 0 Å². The Bertz CT molecular complexity index is 397. The van der Waals surface area contributed by atoms with Gasteiger partial charge in [0.1, 0.15) is 5.76 Å². The van der Waals surface area contributed by atoms with Gasteiger partial charge in [0.15, 0.2) is 0 Å². The van der Waals surface area contributed by atoms with Crippen molar-refractivity contribution in [3.8, 4) is 0 Å². The third-order valence-corrected chi connectivity index (χ3v) is 2.48. The number of carboxylic acids is 1. The fourth-order valence-corrected chi connectivity index (χ4v) is 1.53. The minimum atomic E-state index is -0.858. The lowest BCUT2D eigenvalue weighted by molar-refractivity contribution is -0.137. The minimum Gasteiger partial charge on any atom is -0.481 e. The van der Waals surface area contributed by atoms with Crippen molar-refractivity contribution in [2.45, 2.75) is 39.2 Å². The van der Waals surface area contributed by atoms with E-state index < -0.39 is 5.97 Å². The van der Waals surface area contributed by atoms with E-state index in [1.807, 2.05) is 6.92 Å². The van der Waals surface area contributed by atoms with E-state index in [1.165, 1.54) is 6.26 Å². The van der Waals surface area contributed by atoms with Gasteiger partial charge in [0.25, 0.3) is 5.91 Å². The number of carbonyl (C=O) groups excluding carboxylic acids is 1. The first-order chi connectivity index (χ1) is 8.04. The first-order valence-electron chi connectivity index (χ1n) is 5.63. The van der Waals surface area contributed by atoms with Crippen LogP contribution in [-0.4, -0.2) is 23.0 Å². The van der Waals surface area contributed by atoms with Crippen LogP contribution in [0.5, 0.6) is 0 Å². The monoisotopic (exact) mass is 239 g/mol. The van der Waals surface area contributed by atoms with E-state index >= 15 is 0 Å². The molecule has 1 unspecified atom stereocenters. The van der Waals surface area contributed by atoms with Crippen LogP contribution in [-0.2, 0) is 11.2 Å². The largest absolute Gasteiger partial charge is 0.481 e. The van der Waals surface area contributed by atoms with Gasteiger partial charge in [-0.3, -0.25) is 9.59 Å². The molecule has 2 N–H and O–H groups in total. The number of hydrogen-bond acceptors (Lipinski definition) is 3. The lowest BCUT2D eigenvalue weighted by Gasteiger charge is -2.12. The predicted octanol–water partition coefficient (Wildman–Crippen LogP) is 1.83. The van der Waals surface area contributed by atoms with Gasteiger partial charge in [0.05, 0.1) is 11.8 Å². The van der Waals surface area contributed by atoms with Crippen LogP contribution >= 0.6 is 0 Å². The third kappa shape index (κ3) is 3.94. The number of carboxylic acid groups (broad SMARTS) is 1. The molecule has 0 spiro atoms. The summed E-state index contributed by atoms with van der Waals surface area (Å²) in [6, 6.07) is 1.45. The van der Waals surface area contributed by atoms with E-state index in [-0.39, 0.29) is 18.4 Å². The van der Waals surface area contributed by atoms with E-state index in [0.29, 0.717) is 24.2 Å². The first-order valence-corrected chi connectivity index (χ1v) is 5.63. The predicted molar refractivity (Wildman–Crippen MR) is 61.9 cm³/mol. The summed E-state index contributed by atoms with van der Waals surface area (Å²) in [5.74, 6) is -0.426. The first kappa shape index (κ1) is 13.3. The molecule has 0 aromatic carbocycles. The van der Waals surface area contributed by atoms with E-state index in [0.717, 1.165) is 0 Å². The van der Waals surface area contributed by atoms with Crippen molar-refractivity contribution >= 4 is 11.9 Å². The highest BCUT2D eigenvalue weighted by molar-refractivity contribution is 5.95. The zero-order valence-corrected chi connectivity index (χ0v) is 10.0. The number of nitrogens with one attached hydrogen (secondary N) is 1. The molecular formula is C12H17NO4. The smallest absolute Gasteiger partial charge is 0.303 e. The highest BCUT2D eigenvalue weighted by Gasteiger charge is 2.15. The van der Waals surface area contributed by atoms with Gasteiger partial charge >= 0.3 is 5.97 Å². The van der Waals surface area contributed by atoms with Crippen LogP contribution < -0.4 is 5.32 Å². The maximum absolute atomic E-state index is 11.8. The topological polar surface area (TPSA) is 79.5 Å². The third-order valence-electron chi connectivity index (χ3n) is 2.48. The van der Waals surface area contributed by atoms with Crippen LogP contribution in [0.25, 0.3) is 0 Å². The lowest BCUT2D eigenvalue weighted by atomic mass is 10.1. The molecule has 1 heterocycles. The number of carbonyl (C=O) groups is 2. The maximum atomic E-state index is 11.8. The molecule has 1 rings (SSSR count). The standard InChI is InChI=1S/C12H17NO4/c1-3-10-9(6-7-17-10)12(16)13-8(2)4-5-11(14)15/h6-8H,3-5H2,1-2H3,(H,13,16)(H,14,15). The molecule has 17 heavy (non-hydrogen) atoms. The van der Waals surface area contributed by atoms with Gasteiger partial charge < -0.3 is 14.8 Å². The molecule has 0 saturated carbocycles. The summed E-state index contributed by atoms with van der Waals surface area (Å²) in [5.41, 5.74) is 0.523. The fraction of sp³-hybridized carbons (Fsp3) is 0.500. The second kappa shape index (κ2) is 6.08. The summed E-state index contributed by atoms with van der Waals surface area (Å²) in [6.07, 6.45) is 2.60. The molecule has 5 nitrogen and oxygen atoms in total. The number of rotatable bonds is 6. The van der Waals surface area contributed by atoms with Crippen molar-refractivity contribution in [1.29, 1.82) is 0 Å². The highest BCUT2D eigenvalue weighted by atomic mass is 16.4. The van der Waals surface area contributed by atoms with Crippen LogP contribution in [0.15, 0.2) is 16.7 Å². The number of hydrogen-bond donors (Lipinski definition) is 2. The Morgan fingerprint density at radius 3 is 2.82 bits per heavy atom. The summed E-state index contributed by atoms with van der Waals surface area (Å²) in [5, 5.41) is 11.3. The summed E-state index contributed by atoms with van der Waals surface area (Å²) in [7, 11) is 0. The Labute approximate surface area is 99.8 Å². The molecule has 5 heteroatoms. The van der Waals surface area contributed by atoms with Crippen LogP contribution in [0.2, 0.25) is 0 Å². The quantitative estimate of drug-likeness (QED) is 0.793. The fourth-order valence-electron chi connectivity index (χ4n) is 1.53. The van der Waals surface area contributed by atoms with Crippen molar-refractivity contribution in [3.63, 3.8) is 0 Å². The Morgan fingerprint density at radius 1 is 1.53 bits per heavy atom. The molecule has 1 amide bonds. The Balaban J connectivity index is 2.51. The SMILES string of the molecule is CCc1occc1C(=O)NC(C)CCC(=O)O. The molecule has 0 aliphatic heterocycles. The van der Waals surface area contributed by atoms with E-state index in [1.54, 1.807) is 13.0 Å². The maximum Gasteiger partial charge on any atom is 0.303 e. The van der Waals surface area contributed by atoms with Crippen molar-refractivity contribution in [1.82, 2.24) is 5.32 Å². The molecular weight excluding hydrogens is 222 g/mol. The molecule has 1 aromatic rings. The van der Waals surface area contributed by atoms with Gasteiger partial charge in [0, 0.05) is 18.9 Å². The highest BCUT2D eigenvalue weighted by Crippen LogP contribution is 2.11. The number of aliphatic carboxylic acids is 1. The van der Waals surface area contributed by atoms with Crippen molar-refractivity contribution in [3.05, 3.63) is 23.7 Å². The van der Waals surface area contributed by atoms with Gasteiger partial charge in [-0.15, -0.1) is 0 Å². The second-order valence-electron chi connectivity index (χ2n) is 3.92. The summed E-state index contributed by atoms with van der Waals surface area (Å²) in [6.45, 7) is 3.69. The normalized spacial score (nSPS) is 12.1. The zero-order valence-electron chi connectivity index (χ0n) is 10.0. The molecule has 0 saturated heterocycles. The molecule has 1 aromatic heterocycles. The van der Waals surface area contributed by atoms with Crippen LogP contribution in [0.4, 0.5) is 0 Å². The van der Waals surface area contributed by atoms with Crippen LogP contribution in [0.3, 0.4) is 0 Å². The van der Waals surface area contributed by atoms with E-state index in [4.69, 9.17) is 9.52 Å². The van der Waals surface area contributed by atoms with Crippen molar-refractivity contribution < 1.29 is 19.1 Å². The number of aryl methyl sites for hydroxylation is 1. The molecule has 94 valence electrons. The van der Waals surface area contributed by atoms with Gasteiger partial charge in [-0.05, 0) is 19.4 Å². The Morgan fingerprint density at radius 2 is 2.24 bits per heavy atom. The average molecular weight is 239 g/mol. The van der Waals surface area contributed by atoms with Crippen LogP contribution in [0.1, 0.15) is 42.8 Å². The molecule has 0 bridgehead atoms. The summed E-state index contributed by atoms with van der Waals surface area (Å²) >= 11 is 0. The van der Waals surface area contributed by atoms with Crippen molar-refractivity contribution in [2.75, 3.05) is 0 Å². The zero-order chi connectivity index (χ0) is 12.8. The van der Waals surface area contributed by atoms with Crippen molar-refractivity contribution in [2.24, 2.45) is 0 Å². The van der Waals surface area contributed by atoms with Crippen LogP contribution in [0, 0.1) is 0 Å². The average Bonchev–Trinajstić information content (AvgIpc) is 2.74. The van der Waals surface area contributed by atoms with E-state index in [2.05, 4.69) is 5.32 Å². The Kier molecular flexibility index (Phi) is 4.75. The summed E-state index contributed by atoms with van der Waals surface area (Å²) in [4.78, 5) is 22.2. The molecule has 0 aliphatic rings. The lowest BCUT2D eigenvalue weighted by Crippen LogP contribution is -2.33. The number of amides is 1. The molecule has 1 atom stereocenters. The molecule has 0 aliphatic carbocycles. The van der Waals surface area contributed by atoms with Gasteiger partial charge in [-0.2, -0.15) is 0 Å². The number of furan rings is 1. The second-order valence-corrected chi connectivity index (χ2v) is 3.92. The van der Waals surface area contributed by atoms with Gasteiger partial charge in [0.2, 0.25) is 0 Å². The Hall–Kier alpha value is -1.78. The minimum absolute atomic E-state index is 0.0491. The molecule has 0 fully saturated rings. The van der Waals surface area contributed by atoms with Gasteiger partial charge in [-0.1, -0.05) is 6.92 Å².